The number of aromatic amines is 1. The lowest BCUT2D eigenvalue weighted by atomic mass is 9.94. The lowest BCUT2D eigenvalue weighted by molar-refractivity contribution is 0.570. The number of H-pyrrole nitrogens is 1. The lowest BCUT2D eigenvalue weighted by Crippen LogP contribution is -1.95. The third kappa shape index (κ3) is 2.36. The van der Waals surface area contributed by atoms with Crippen molar-refractivity contribution in [2.45, 2.75) is 45.4 Å². The molecule has 1 N–H and O–H groups in total. The number of hydrogen-bond donors (Lipinski definition) is 1. The second kappa shape index (κ2) is 4.96. The fraction of sp³-hybridized carbons (Fsp3) is 0.700. The Morgan fingerprint density at radius 1 is 1.50 bits per heavy atom. The Kier molecular flexibility index (Phi) is 3.85. The highest BCUT2D eigenvalue weighted by molar-refractivity contribution is 5.09. The van der Waals surface area contributed by atoms with Gasteiger partial charge in [0, 0.05) is 6.20 Å². The van der Waals surface area contributed by atoms with Gasteiger partial charge in [0.25, 0.3) is 0 Å². The normalized spacial score (nSPS) is 13.2. The number of hydrogen-bond acceptors (Lipinski definition) is 1. The summed E-state index contributed by atoms with van der Waals surface area (Å²) in [5.74, 6) is 0.712. The van der Waals surface area contributed by atoms with E-state index in [1.807, 2.05) is 12.4 Å². The number of unbranched alkanes of at least 4 members (excludes halogenated alkanes) is 1. The quantitative estimate of drug-likeness (QED) is 0.715. The predicted octanol–water partition coefficient (Wildman–Crippen LogP) is 3.09. The van der Waals surface area contributed by atoms with E-state index in [0.29, 0.717) is 5.92 Å². The van der Waals surface area contributed by atoms with Crippen molar-refractivity contribution in [1.29, 1.82) is 0 Å². The molecule has 68 valence electrons. The summed E-state index contributed by atoms with van der Waals surface area (Å²) in [6.07, 6.45) is 9.09. The predicted molar refractivity (Wildman–Crippen MR) is 51.1 cm³/mol. The first kappa shape index (κ1) is 9.30. The Morgan fingerprint density at radius 2 is 2.33 bits per heavy atom. The van der Waals surface area contributed by atoms with Gasteiger partial charge in [0.1, 0.15) is 0 Å². The Bertz CT molecular complexity index is 192. The Hall–Kier alpha value is -0.790. The van der Waals surface area contributed by atoms with Crippen molar-refractivity contribution in [3.05, 3.63) is 18.0 Å². The third-order valence-corrected chi connectivity index (χ3v) is 2.39. The second-order valence-electron chi connectivity index (χ2n) is 3.28. The zero-order chi connectivity index (χ0) is 8.81. The molecule has 0 aliphatic rings. The molecule has 2 heteroatoms. The van der Waals surface area contributed by atoms with E-state index < -0.39 is 0 Å². The van der Waals surface area contributed by atoms with Crippen LogP contribution in [0.4, 0.5) is 0 Å². The summed E-state index contributed by atoms with van der Waals surface area (Å²) in [5, 5.41) is 6.85. The maximum atomic E-state index is 3.97. The van der Waals surface area contributed by atoms with Crippen LogP contribution >= 0.6 is 0 Å². The van der Waals surface area contributed by atoms with Crippen molar-refractivity contribution in [3.63, 3.8) is 0 Å². The standard InChI is InChI=1S/C10H18N2/c1-3-5-6-9(4-2)10-7-11-12-8-10/h7-9H,3-6H2,1-2H3,(H,11,12). The molecule has 1 unspecified atom stereocenters. The lowest BCUT2D eigenvalue weighted by Gasteiger charge is -2.11. The van der Waals surface area contributed by atoms with Crippen molar-refractivity contribution >= 4 is 0 Å². The van der Waals surface area contributed by atoms with Gasteiger partial charge in [-0.25, -0.2) is 0 Å². The topological polar surface area (TPSA) is 28.7 Å². The average Bonchev–Trinajstić information content (AvgIpc) is 2.59. The van der Waals surface area contributed by atoms with Gasteiger partial charge < -0.3 is 0 Å². The molecule has 0 spiro atoms. The summed E-state index contributed by atoms with van der Waals surface area (Å²) >= 11 is 0. The third-order valence-electron chi connectivity index (χ3n) is 2.39. The molecule has 0 bridgehead atoms. The number of rotatable bonds is 5. The summed E-state index contributed by atoms with van der Waals surface area (Å²) in [6.45, 7) is 4.48. The molecule has 0 amide bonds. The van der Waals surface area contributed by atoms with E-state index in [1.54, 1.807) is 0 Å². The first-order valence-corrected chi connectivity index (χ1v) is 4.87. The summed E-state index contributed by atoms with van der Waals surface area (Å²) < 4.78 is 0. The van der Waals surface area contributed by atoms with Crippen LogP contribution in [0.25, 0.3) is 0 Å². The summed E-state index contributed by atoms with van der Waals surface area (Å²) in [7, 11) is 0. The molecular formula is C10H18N2. The van der Waals surface area contributed by atoms with Crippen LogP contribution in [0.3, 0.4) is 0 Å². The second-order valence-corrected chi connectivity index (χ2v) is 3.28. The summed E-state index contributed by atoms with van der Waals surface area (Å²) in [4.78, 5) is 0. The van der Waals surface area contributed by atoms with Crippen molar-refractivity contribution in [3.8, 4) is 0 Å². The first-order chi connectivity index (χ1) is 5.88. The smallest absolute Gasteiger partial charge is 0.0522 e. The fourth-order valence-corrected chi connectivity index (χ4v) is 1.54. The molecule has 1 aromatic heterocycles. The highest BCUT2D eigenvalue weighted by atomic mass is 15.1. The molecule has 1 aromatic rings. The molecular weight excluding hydrogens is 148 g/mol. The number of nitrogens with one attached hydrogen (secondary N) is 1. The van der Waals surface area contributed by atoms with E-state index in [4.69, 9.17) is 0 Å². The van der Waals surface area contributed by atoms with E-state index in [0.717, 1.165) is 0 Å². The summed E-state index contributed by atoms with van der Waals surface area (Å²) in [6, 6.07) is 0. The molecule has 1 atom stereocenters. The zero-order valence-corrected chi connectivity index (χ0v) is 8.01. The zero-order valence-electron chi connectivity index (χ0n) is 8.01. The monoisotopic (exact) mass is 166 g/mol. The number of nitrogens with zero attached hydrogens (tertiary/aromatic N) is 1. The average molecular weight is 166 g/mol. The van der Waals surface area contributed by atoms with Crippen molar-refractivity contribution in [2.24, 2.45) is 0 Å². The van der Waals surface area contributed by atoms with Gasteiger partial charge in [-0.3, -0.25) is 5.10 Å². The molecule has 12 heavy (non-hydrogen) atoms. The fourth-order valence-electron chi connectivity index (χ4n) is 1.54. The van der Waals surface area contributed by atoms with Gasteiger partial charge in [0.2, 0.25) is 0 Å². The molecule has 2 nitrogen and oxygen atoms in total. The summed E-state index contributed by atoms with van der Waals surface area (Å²) in [5.41, 5.74) is 1.37. The van der Waals surface area contributed by atoms with Gasteiger partial charge in [-0.15, -0.1) is 0 Å². The van der Waals surface area contributed by atoms with E-state index >= 15 is 0 Å². The van der Waals surface area contributed by atoms with Crippen LogP contribution in [0.5, 0.6) is 0 Å². The minimum Gasteiger partial charge on any atom is -0.285 e. The minimum atomic E-state index is 0.712. The Morgan fingerprint density at radius 3 is 2.83 bits per heavy atom. The van der Waals surface area contributed by atoms with Gasteiger partial charge >= 0.3 is 0 Å². The van der Waals surface area contributed by atoms with Crippen LogP contribution in [-0.2, 0) is 0 Å². The van der Waals surface area contributed by atoms with Crippen molar-refractivity contribution < 1.29 is 0 Å². The molecule has 1 rings (SSSR count). The molecule has 0 radical (unpaired) electrons. The highest BCUT2D eigenvalue weighted by Crippen LogP contribution is 2.23. The van der Waals surface area contributed by atoms with Gasteiger partial charge in [-0.05, 0) is 24.3 Å². The Labute approximate surface area is 74.4 Å². The van der Waals surface area contributed by atoms with Crippen LogP contribution in [0.2, 0.25) is 0 Å². The number of aromatic nitrogens is 2. The van der Waals surface area contributed by atoms with E-state index in [-0.39, 0.29) is 0 Å². The molecule has 0 saturated carbocycles. The van der Waals surface area contributed by atoms with Crippen molar-refractivity contribution in [2.75, 3.05) is 0 Å². The van der Waals surface area contributed by atoms with Gasteiger partial charge in [-0.1, -0.05) is 26.7 Å². The maximum absolute atomic E-state index is 3.97. The van der Waals surface area contributed by atoms with Gasteiger partial charge in [0.15, 0.2) is 0 Å². The van der Waals surface area contributed by atoms with Gasteiger partial charge in [0.05, 0.1) is 6.20 Å². The Balaban J connectivity index is 2.45. The van der Waals surface area contributed by atoms with E-state index in [2.05, 4.69) is 24.0 Å². The molecule has 0 aromatic carbocycles. The van der Waals surface area contributed by atoms with Crippen LogP contribution < -0.4 is 0 Å². The van der Waals surface area contributed by atoms with Gasteiger partial charge in [-0.2, -0.15) is 5.10 Å². The van der Waals surface area contributed by atoms with E-state index in [9.17, 15) is 0 Å². The molecule has 0 aliphatic heterocycles. The van der Waals surface area contributed by atoms with Crippen LogP contribution in [0, 0.1) is 0 Å². The maximum Gasteiger partial charge on any atom is 0.0522 e. The van der Waals surface area contributed by atoms with Crippen LogP contribution in [0.1, 0.15) is 51.0 Å². The minimum absolute atomic E-state index is 0.712. The SMILES string of the molecule is CCCCC(CC)c1cn[nH]c1. The molecule has 0 aliphatic carbocycles. The van der Waals surface area contributed by atoms with Crippen LogP contribution in [-0.4, -0.2) is 10.2 Å². The largest absolute Gasteiger partial charge is 0.285 e. The van der Waals surface area contributed by atoms with Crippen molar-refractivity contribution in [1.82, 2.24) is 10.2 Å². The highest BCUT2D eigenvalue weighted by Gasteiger charge is 2.08. The van der Waals surface area contributed by atoms with Crippen LogP contribution in [0.15, 0.2) is 12.4 Å². The molecule has 1 heterocycles. The first-order valence-electron chi connectivity index (χ1n) is 4.87. The molecule has 0 fully saturated rings. The molecule has 0 saturated heterocycles. The van der Waals surface area contributed by atoms with E-state index in [1.165, 1.54) is 31.2 Å².